The van der Waals surface area contributed by atoms with E-state index in [1.165, 1.54) is 17.3 Å². The van der Waals surface area contributed by atoms with Crippen LogP contribution in [-0.4, -0.2) is 52.7 Å². The van der Waals surface area contributed by atoms with Gasteiger partial charge in [-0.2, -0.15) is 0 Å². The standard InChI is InChI=1S/C23H27N5O2S/c1-17-7-6-8-18(2)21(17)24-20(29)16-31-23-26-25-22(27-11-13-30-14-12-27)28(23)15-19-9-4-3-5-10-19/h3-10H,11-16H2,1-2H3,(H,24,29). The number of aromatic nitrogens is 3. The van der Waals surface area contributed by atoms with Crippen LogP contribution in [0.1, 0.15) is 16.7 Å². The summed E-state index contributed by atoms with van der Waals surface area (Å²) in [6.07, 6.45) is 0. The zero-order chi connectivity index (χ0) is 21.6. The summed E-state index contributed by atoms with van der Waals surface area (Å²) in [5.41, 5.74) is 4.16. The predicted octanol–water partition coefficient (Wildman–Crippen LogP) is 3.51. The number of nitrogens with zero attached hydrogens (tertiary/aromatic N) is 4. The Labute approximate surface area is 186 Å². The Morgan fingerprint density at radius 3 is 2.45 bits per heavy atom. The van der Waals surface area contributed by atoms with Gasteiger partial charge in [-0.25, -0.2) is 0 Å². The molecule has 1 aliphatic heterocycles. The molecule has 1 aromatic heterocycles. The highest BCUT2D eigenvalue weighted by molar-refractivity contribution is 7.99. The summed E-state index contributed by atoms with van der Waals surface area (Å²) < 4.78 is 7.58. The van der Waals surface area contributed by atoms with Crippen LogP contribution in [0.2, 0.25) is 0 Å². The Morgan fingerprint density at radius 1 is 1.03 bits per heavy atom. The normalized spacial score (nSPS) is 13.9. The Morgan fingerprint density at radius 2 is 1.74 bits per heavy atom. The lowest BCUT2D eigenvalue weighted by Gasteiger charge is -2.28. The molecule has 1 N–H and O–H groups in total. The fraction of sp³-hybridized carbons (Fsp3) is 0.348. The van der Waals surface area contributed by atoms with E-state index in [1.807, 2.05) is 50.2 Å². The number of ether oxygens (including phenoxy) is 1. The van der Waals surface area contributed by atoms with E-state index in [0.717, 1.165) is 41.0 Å². The van der Waals surface area contributed by atoms with Gasteiger partial charge in [-0.3, -0.25) is 9.36 Å². The van der Waals surface area contributed by atoms with Crippen molar-refractivity contribution in [1.29, 1.82) is 0 Å². The number of anilines is 2. The number of amides is 1. The number of rotatable bonds is 7. The summed E-state index contributed by atoms with van der Waals surface area (Å²) in [6.45, 7) is 7.58. The molecule has 1 amide bonds. The molecular weight excluding hydrogens is 410 g/mol. The van der Waals surface area contributed by atoms with Gasteiger partial charge in [-0.15, -0.1) is 10.2 Å². The second kappa shape index (κ2) is 9.98. The number of carbonyl (C=O) groups excluding carboxylic acids is 1. The van der Waals surface area contributed by atoms with Gasteiger partial charge in [-0.1, -0.05) is 60.3 Å². The molecule has 0 unspecified atom stereocenters. The highest BCUT2D eigenvalue weighted by Gasteiger charge is 2.21. The maximum Gasteiger partial charge on any atom is 0.234 e. The predicted molar refractivity (Wildman–Crippen MR) is 124 cm³/mol. The van der Waals surface area contributed by atoms with Crippen LogP contribution in [-0.2, 0) is 16.1 Å². The van der Waals surface area contributed by atoms with Crippen LogP contribution in [0.5, 0.6) is 0 Å². The first-order valence-electron chi connectivity index (χ1n) is 10.4. The molecule has 2 heterocycles. The van der Waals surface area contributed by atoms with Gasteiger partial charge in [0.25, 0.3) is 0 Å². The van der Waals surface area contributed by atoms with Crippen LogP contribution < -0.4 is 10.2 Å². The van der Waals surface area contributed by atoms with Crippen LogP contribution >= 0.6 is 11.8 Å². The van der Waals surface area contributed by atoms with Crippen molar-refractivity contribution in [2.24, 2.45) is 0 Å². The SMILES string of the molecule is Cc1cccc(C)c1NC(=O)CSc1nnc(N2CCOCC2)n1Cc1ccccc1. The quantitative estimate of drug-likeness (QED) is 0.571. The number of aryl methyl sites for hydroxylation is 2. The number of nitrogens with one attached hydrogen (secondary N) is 1. The van der Waals surface area contributed by atoms with E-state index in [9.17, 15) is 4.79 Å². The molecule has 162 valence electrons. The molecule has 1 aliphatic rings. The van der Waals surface area contributed by atoms with Crippen molar-refractivity contribution in [3.8, 4) is 0 Å². The molecule has 8 heteroatoms. The fourth-order valence-electron chi connectivity index (χ4n) is 3.61. The molecule has 1 fully saturated rings. The van der Waals surface area contributed by atoms with E-state index in [1.54, 1.807) is 0 Å². The van der Waals surface area contributed by atoms with Gasteiger partial charge in [0.15, 0.2) is 5.16 Å². The van der Waals surface area contributed by atoms with Crippen LogP contribution in [0, 0.1) is 13.8 Å². The number of morpholine rings is 1. The largest absolute Gasteiger partial charge is 0.378 e. The number of benzene rings is 2. The lowest BCUT2D eigenvalue weighted by atomic mass is 10.1. The average Bonchev–Trinajstić information content (AvgIpc) is 3.18. The van der Waals surface area contributed by atoms with Crippen molar-refractivity contribution in [3.05, 3.63) is 65.2 Å². The van der Waals surface area contributed by atoms with Crippen molar-refractivity contribution < 1.29 is 9.53 Å². The van der Waals surface area contributed by atoms with E-state index in [2.05, 4.69) is 37.1 Å². The van der Waals surface area contributed by atoms with Crippen LogP contribution in [0.4, 0.5) is 11.6 Å². The van der Waals surface area contributed by atoms with Crippen molar-refractivity contribution in [1.82, 2.24) is 14.8 Å². The number of hydrogen-bond donors (Lipinski definition) is 1. The average molecular weight is 438 g/mol. The lowest BCUT2D eigenvalue weighted by Crippen LogP contribution is -2.38. The first-order valence-corrected chi connectivity index (χ1v) is 11.4. The summed E-state index contributed by atoms with van der Waals surface area (Å²) in [5.74, 6) is 1.04. The van der Waals surface area contributed by atoms with E-state index in [0.29, 0.717) is 19.8 Å². The molecule has 0 spiro atoms. The van der Waals surface area contributed by atoms with Crippen LogP contribution in [0.15, 0.2) is 53.7 Å². The van der Waals surface area contributed by atoms with Gasteiger partial charge in [0.1, 0.15) is 0 Å². The third kappa shape index (κ3) is 5.26. The molecule has 1 saturated heterocycles. The lowest BCUT2D eigenvalue weighted by molar-refractivity contribution is -0.113. The highest BCUT2D eigenvalue weighted by Crippen LogP contribution is 2.25. The second-order valence-corrected chi connectivity index (χ2v) is 8.50. The number of thioether (sulfide) groups is 1. The van der Waals surface area contributed by atoms with Crippen LogP contribution in [0.3, 0.4) is 0 Å². The molecule has 3 aromatic rings. The molecular formula is C23H27N5O2S. The van der Waals surface area contributed by atoms with Gasteiger partial charge < -0.3 is 15.0 Å². The maximum atomic E-state index is 12.7. The maximum absolute atomic E-state index is 12.7. The summed E-state index contributed by atoms with van der Waals surface area (Å²) >= 11 is 1.41. The second-order valence-electron chi connectivity index (χ2n) is 7.56. The minimum absolute atomic E-state index is 0.0513. The van der Waals surface area contributed by atoms with E-state index < -0.39 is 0 Å². The topological polar surface area (TPSA) is 72.3 Å². The molecule has 0 bridgehead atoms. The van der Waals surface area contributed by atoms with E-state index in [-0.39, 0.29) is 11.7 Å². The van der Waals surface area contributed by atoms with Gasteiger partial charge >= 0.3 is 0 Å². The smallest absolute Gasteiger partial charge is 0.234 e. The molecule has 2 aromatic carbocycles. The fourth-order valence-corrected chi connectivity index (χ4v) is 4.34. The van der Waals surface area contributed by atoms with Gasteiger partial charge in [0.2, 0.25) is 11.9 Å². The van der Waals surface area contributed by atoms with Crippen molar-refractivity contribution in [3.63, 3.8) is 0 Å². The zero-order valence-electron chi connectivity index (χ0n) is 17.9. The van der Waals surface area contributed by atoms with Crippen molar-refractivity contribution in [2.45, 2.75) is 25.5 Å². The summed E-state index contributed by atoms with van der Waals surface area (Å²) in [7, 11) is 0. The molecule has 4 rings (SSSR count). The monoisotopic (exact) mass is 437 g/mol. The Kier molecular flexibility index (Phi) is 6.89. The molecule has 31 heavy (non-hydrogen) atoms. The first-order chi connectivity index (χ1) is 15.1. The summed E-state index contributed by atoms with van der Waals surface area (Å²) in [5, 5.41) is 12.7. The first kappa shape index (κ1) is 21.4. The molecule has 7 nitrogen and oxygen atoms in total. The van der Waals surface area contributed by atoms with Crippen LogP contribution in [0.25, 0.3) is 0 Å². The number of carbonyl (C=O) groups is 1. The summed E-state index contributed by atoms with van der Waals surface area (Å²) in [6, 6.07) is 16.2. The Balaban J connectivity index is 1.50. The Hall–Kier alpha value is -2.84. The minimum atomic E-state index is -0.0513. The molecule has 0 radical (unpaired) electrons. The van der Waals surface area contributed by atoms with Crippen molar-refractivity contribution in [2.75, 3.05) is 42.3 Å². The third-order valence-electron chi connectivity index (χ3n) is 5.25. The number of hydrogen-bond acceptors (Lipinski definition) is 6. The minimum Gasteiger partial charge on any atom is -0.378 e. The van der Waals surface area contributed by atoms with Gasteiger partial charge in [-0.05, 0) is 30.5 Å². The molecule has 0 saturated carbocycles. The zero-order valence-corrected chi connectivity index (χ0v) is 18.7. The number of para-hydroxylation sites is 1. The highest BCUT2D eigenvalue weighted by atomic mass is 32.2. The van der Waals surface area contributed by atoms with Gasteiger partial charge in [0, 0.05) is 18.8 Å². The third-order valence-corrected chi connectivity index (χ3v) is 6.22. The summed E-state index contributed by atoms with van der Waals surface area (Å²) in [4.78, 5) is 14.8. The van der Waals surface area contributed by atoms with E-state index >= 15 is 0 Å². The molecule has 0 aliphatic carbocycles. The molecule has 0 atom stereocenters. The van der Waals surface area contributed by atoms with Crippen molar-refractivity contribution >= 4 is 29.3 Å². The Bertz CT molecular complexity index is 1010. The van der Waals surface area contributed by atoms with E-state index in [4.69, 9.17) is 4.74 Å². The van der Waals surface area contributed by atoms with Gasteiger partial charge in [0.05, 0.1) is 25.5 Å².